The van der Waals surface area contributed by atoms with E-state index in [1.807, 2.05) is 72.1 Å². The first-order valence-corrected chi connectivity index (χ1v) is 9.56. The minimum atomic E-state index is -0.125. The number of imidazole rings is 1. The fraction of sp³-hybridized carbons (Fsp3) is 0.167. The molecule has 0 fully saturated rings. The molecule has 0 unspecified atom stereocenters. The van der Waals surface area contributed by atoms with Gasteiger partial charge in [-0.05, 0) is 48.2 Å². The molecule has 4 aromatic rings. The third-order valence-corrected chi connectivity index (χ3v) is 4.91. The summed E-state index contributed by atoms with van der Waals surface area (Å²) in [7, 11) is 0. The number of nitrogens with zero attached hydrogens (tertiary/aromatic N) is 2. The maximum atomic E-state index is 12.9. The van der Waals surface area contributed by atoms with Crippen LogP contribution in [0.3, 0.4) is 0 Å². The SMILES string of the molecule is CCc1ccc(C(=O)Nc2c(Cc3ccccc3)nc3ccc(C)cn23)cc1. The van der Waals surface area contributed by atoms with Gasteiger partial charge in [0, 0.05) is 18.2 Å². The molecule has 140 valence electrons. The van der Waals surface area contributed by atoms with Crippen molar-refractivity contribution in [2.45, 2.75) is 26.7 Å². The molecule has 28 heavy (non-hydrogen) atoms. The van der Waals surface area contributed by atoms with Crippen LogP contribution in [0, 0.1) is 6.92 Å². The van der Waals surface area contributed by atoms with E-state index in [4.69, 9.17) is 4.98 Å². The van der Waals surface area contributed by atoms with Crippen molar-refractivity contribution in [1.82, 2.24) is 9.38 Å². The summed E-state index contributed by atoms with van der Waals surface area (Å²) < 4.78 is 1.96. The van der Waals surface area contributed by atoms with Crippen molar-refractivity contribution < 1.29 is 4.79 Å². The van der Waals surface area contributed by atoms with Gasteiger partial charge in [-0.2, -0.15) is 0 Å². The van der Waals surface area contributed by atoms with E-state index in [0.29, 0.717) is 12.0 Å². The van der Waals surface area contributed by atoms with Gasteiger partial charge in [-0.15, -0.1) is 0 Å². The lowest BCUT2D eigenvalue weighted by molar-refractivity contribution is 0.102. The third-order valence-electron chi connectivity index (χ3n) is 4.91. The van der Waals surface area contributed by atoms with Gasteiger partial charge in [-0.1, -0.05) is 55.5 Å². The van der Waals surface area contributed by atoms with Crippen molar-refractivity contribution in [2.75, 3.05) is 5.32 Å². The molecule has 4 rings (SSSR count). The number of benzene rings is 2. The zero-order valence-corrected chi connectivity index (χ0v) is 16.1. The number of anilines is 1. The number of carbonyl (C=O) groups excluding carboxylic acids is 1. The largest absolute Gasteiger partial charge is 0.306 e. The van der Waals surface area contributed by atoms with E-state index in [9.17, 15) is 4.79 Å². The molecule has 4 nitrogen and oxygen atoms in total. The maximum absolute atomic E-state index is 12.9. The van der Waals surface area contributed by atoms with Crippen molar-refractivity contribution in [3.8, 4) is 0 Å². The van der Waals surface area contributed by atoms with Crippen molar-refractivity contribution >= 4 is 17.4 Å². The summed E-state index contributed by atoms with van der Waals surface area (Å²) in [4.78, 5) is 17.7. The minimum absolute atomic E-state index is 0.125. The molecule has 2 aromatic heterocycles. The van der Waals surface area contributed by atoms with Gasteiger partial charge in [0.25, 0.3) is 5.91 Å². The molecule has 4 heteroatoms. The first-order chi connectivity index (χ1) is 13.6. The van der Waals surface area contributed by atoms with Gasteiger partial charge in [0.2, 0.25) is 0 Å². The van der Waals surface area contributed by atoms with E-state index < -0.39 is 0 Å². The van der Waals surface area contributed by atoms with Crippen LogP contribution in [0.15, 0.2) is 72.9 Å². The average Bonchev–Trinajstić information content (AvgIpc) is 3.05. The highest BCUT2D eigenvalue weighted by Gasteiger charge is 2.16. The molecule has 0 spiro atoms. The highest BCUT2D eigenvalue weighted by atomic mass is 16.1. The van der Waals surface area contributed by atoms with Crippen molar-refractivity contribution in [3.63, 3.8) is 0 Å². The van der Waals surface area contributed by atoms with Crippen LogP contribution in [0.2, 0.25) is 0 Å². The van der Waals surface area contributed by atoms with E-state index in [2.05, 4.69) is 24.4 Å². The van der Waals surface area contributed by atoms with E-state index >= 15 is 0 Å². The summed E-state index contributed by atoms with van der Waals surface area (Å²) in [5.74, 6) is 0.604. The summed E-state index contributed by atoms with van der Waals surface area (Å²) in [5.41, 5.74) is 5.81. The van der Waals surface area contributed by atoms with Gasteiger partial charge in [0.15, 0.2) is 0 Å². The number of fused-ring (bicyclic) bond motifs is 1. The summed E-state index contributed by atoms with van der Waals surface area (Å²) >= 11 is 0. The number of aromatic nitrogens is 2. The monoisotopic (exact) mass is 369 g/mol. The minimum Gasteiger partial charge on any atom is -0.306 e. The Kier molecular flexibility index (Phi) is 4.94. The fourth-order valence-electron chi connectivity index (χ4n) is 3.32. The number of amides is 1. The quantitative estimate of drug-likeness (QED) is 0.535. The Balaban J connectivity index is 1.71. The number of hydrogen-bond donors (Lipinski definition) is 1. The highest BCUT2D eigenvalue weighted by molar-refractivity contribution is 6.04. The first-order valence-electron chi connectivity index (χ1n) is 9.56. The Morgan fingerprint density at radius 3 is 2.43 bits per heavy atom. The second-order valence-corrected chi connectivity index (χ2v) is 7.01. The molecule has 0 radical (unpaired) electrons. The van der Waals surface area contributed by atoms with E-state index in [0.717, 1.165) is 34.7 Å². The van der Waals surface area contributed by atoms with Crippen LogP contribution in [-0.4, -0.2) is 15.3 Å². The number of pyridine rings is 1. The van der Waals surface area contributed by atoms with Crippen LogP contribution in [-0.2, 0) is 12.8 Å². The first kappa shape index (κ1) is 18.0. The van der Waals surface area contributed by atoms with Crippen LogP contribution in [0.4, 0.5) is 5.82 Å². The zero-order chi connectivity index (χ0) is 19.5. The number of hydrogen-bond acceptors (Lipinski definition) is 2. The summed E-state index contributed by atoms with van der Waals surface area (Å²) in [6, 6.07) is 21.9. The van der Waals surface area contributed by atoms with Crippen LogP contribution >= 0.6 is 0 Å². The smallest absolute Gasteiger partial charge is 0.256 e. The Hall–Kier alpha value is -3.40. The highest BCUT2D eigenvalue weighted by Crippen LogP contribution is 2.23. The van der Waals surface area contributed by atoms with E-state index in [1.54, 1.807) is 0 Å². The Morgan fingerprint density at radius 1 is 0.964 bits per heavy atom. The average molecular weight is 369 g/mol. The fourth-order valence-corrected chi connectivity index (χ4v) is 3.32. The number of aryl methyl sites for hydroxylation is 2. The van der Waals surface area contributed by atoms with Gasteiger partial charge >= 0.3 is 0 Å². The van der Waals surface area contributed by atoms with Crippen molar-refractivity contribution in [1.29, 1.82) is 0 Å². The van der Waals surface area contributed by atoms with Crippen LogP contribution in [0.1, 0.15) is 39.7 Å². The number of nitrogens with one attached hydrogen (secondary N) is 1. The number of rotatable bonds is 5. The second-order valence-electron chi connectivity index (χ2n) is 7.01. The molecule has 0 bridgehead atoms. The Bertz CT molecular complexity index is 1110. The van der Waals surface area contributed by atoms with Gasteiger partial charge < -0.3 is 5.32 Å². The molecule has 1 N–H and O–H groups in total. The maximum Gasteiger partial charge on any atom is 0.256 e. The third kappa shape index (κ3) is 3.67. The summed E-state index contributed by atoms with van der Waals surface area (Å²) in [6.45, 7) is 4.14. The molecular formula is C24H23N3O. The molecular weight excluding hydrogens is 346 g/mol. The molecule has 1 amide bonds. The Morgan fingerprint density at radius 2 is 1.71 bits per heavy atom. The van der Waals surface area contributed by atoms with E-state index in [1.165, 1.54) is 5.56 Å². The van der Waals surface area contributed by atoms with Gasteiger partial charge in [0.1, 0.15) is 11.5 Å². The summed E-state index contributed by atoms with van der Waals surface area (Å²) in [5, 5.41) is 3.10. The second kappa shape index (κ2) is 7.69. The topological polar surface area (TPSA) is 46.4 Å². The predicted molar refractivity (Wildman–Crippen MR) is 113 cm³/mol. The van der Waals surface area contributed by atoms with Crippen molar-refractivity contribution in [3.05, 3.63) is 101 Å². The normalized spacial score (nSPS) is 10.9. The van der Waals surface area contributed by atoms with Crippen molar-refractivity contribution in [2.24, 2.45) is 0 Å². The molecule has 2 aromatic carbocycles. The molecule has 0 saturated carbocycles. The molecule has 0 aliphatic carbocycles. The lowest BCUT2D eigenvalue weighted by Gasteiger charge is -2.09. The van der Waals surface area contributed by atoms with Crippen LogP contribution < -0.4 is 5.32 Å². The number of carbonyl (C=O) groups is 1. The van der Waals surface area contributed by atoms with Crippen LogP contribution in [0.5, 0.6) is 0 Å². The summed E-state index contributed by atoms with van der Waals surface area (Å²) in [6.07, 6.45) is 3.62. The van der Waals surface area contributed by atoms with Gasteiger partial charge in [-0.3, -0.25) is 9.20 Å². The molecule has 0 aliphatic rings. The molecule has 0 saturated heterocycles. The molecule has 0 aliphatic heterocycles. The zero-order valence-electron chi connectivity index (χ0n) is 16.1. The van der Waals surface area contributed by atoms with Gasteiger partial charge in [-0.25, -0.2) is 4.98 Å². The lowest BCUT2D eigenvalue weighted by Crippen LogP contribution is -2.15. The standard InChI is InChI=1S/C24H23N3O/c1-3-18-10-12-20(13-11-18)24(28)26-23-21(15-19-7-5-4-6-8-19)25-22-14-9-17(2)16-27(22)23/h4-14,16H,3,15H2,1-2H3,(H,26,28). The molecule has 0 atom stereocenters. The van der Waals surface area contributed by atoms with E-state index in [-0.39, 0.29) is 5.91 Å². The van der Waals surface area contributed by atoms with Crippen LogP contribution in [0.25, 0.3) is 5.65 Å². The Labute approximate surface area is 164 Å². The predicted octanol–water partition coefficient (Wildman–Crippen LogP) is 5.05. The van der Waals surface area contributed by atoms with Gasteiger partial charge in [0.05, 0.1) is 5.69 Å². The molecule has 2 heterocycles. The lowest BCUT2D eigenvalue weighted by atomic mass is 10.1.